The van der Waals surface area contributed by atoms with Crippen molar-refractivity contribution in [3.05, 3.63) is 47.9 Å². The highest BCUT2D eigenvalue weighted by Crippen LogP contribution is 2.51. The van der Waals surface area contributed by atoms with Crippen molar-refractivity contribution < 1.29 is 14.3 Å². The highest BCUT2D eigenvalue weighted by atomic mass is 35.5. The van der Waals surface area contributed by atoms with Gasteiger partial charge in [0.05, 0.1) is 17.7 Å². The molecule has 2 aromatic heterocycles. The number of carboxylic acid groups (broad SMARTS) is 1. The lowest BCUT2D eigenvalue weighted by Gasteiger charge is -2.12. The van der Waals surface area contributed by atoms with E-state index in [1.807, 2.05) is 29.8 Å². The summed E-state index contributed by atoms with van der Waals surface area (Å²) in [6.07, 6.45) is 9.07. The first-order valence-corrected chi connectivity index (χ1v) is 8.92. The molecule has 3 aromatic rings. The highest BCUT2D eigenvalue weighted by Gasteiger charge is 2.43. The minimum atomic E-state index is -0.924. The summed E-state index contributed by atoms with van der Waals surface area (Å²) in [6.45, 7) is 1.91. The Kier molecular flexibility index (Phi) is 4.07. The molecular formula is C19H18ClN3O3. The molecule has 4 rings (SSSR count). The first-order chi connectivity index (χ1) is 12.5. The van der Waals surface area contributed by atoms with Gasteiger partial charge < -0.3 is 14.1 Å². The molecule has 134 valence electrons. The molecule has 1 N–H and O–H groups in total. The molecule has 0 spiro atoms. The lowest BCUT2D eigenvalue weighted by molar-refractivity contribution is -0.132. The predicted octanol–water partition coefficient (Wildman–Crippen LogP) is 4.20. The number of oxazole rings is 1. The van der Waals surface area contributed by atoms with E-state index in [9.17, 15) is 9.90 Å². The number of halogens is 1. The fourth-order valence-electron chi connectivity index (χ4n) is 3.14. The van der Waals surface area contributed by atoms with Crippen molar-refractivity contribution in [3.63, 3.8) is 0 Å². The first kappa shape index (κ1) is 16.8. The van der Waals surface area contributed by atoms with Crippen LogP contribution in [0.4, 0.5) is 0 Å². The summed E-state index contributed by atoms with van der Waals surface area (Å²) in [5, 5.41) is 9.61. The number of alkyl halides is 1. The molecule has 0 amide bonds. The zero-order chi connectivity index (χ0) is 18.3. The van der Waals surface area contributed by atoms with Crippen molar-refractivity contribution in [3.8, 4) is 5.69 Å². The van der Waals surface area contributed by atoms with Crippen LogP contribution in [0.3, 0.4) is 0 Å². The predicted molar refractivity (Wildman–Crippen MR) is 98.5 cm³/mol. The number of nitrogens with zero attached hydrogens (tertiary/aromatic N) is 3. The van der Waals surface area contributed by atoms with Crippen molar-refractivity contribution in [2.45, 2.75) is 26.2 Å². The van der Waals surface area contributed by atoms with Crippen LogP contribution in [0.25, 0.3) is 22.9 Å². The number of imidazole rings is 1. The first-order valence-electron chi connectivity index (χ1n) is 8.38. The van der Waals surface area contributed by atoms with Crippen LogP contribution < -0.4 is 0 Å². The molecule has 0 atom stereocenters. The Hall–Kier alpha value is -2.60. The fraction of sp³-hybridized carbons (Fsp3) is 0.316. The molecule has 0 aliphatic heterocycles. The van der Waals surface area contributed by atoms with E-state index in [-0.39, 0.29) is 5.41 Å². The van der Waals surface area contributed by atoms with Crippen LogP contribution in [0.1, 0.15) is 30.5 Å². The number of carbonyl (C=O) groups is 1. The Bertz CT molecular complexity index is 1010. The molecule has 0 bridgehead atoms. The molecule has 1 fully saturated rings. The van der Waals surface area contributed by atoms with Crippen LogP contribution >= 0.6 is 11.6 Å². The van der Waals surface area contributed by atoms with Gasteiger partial charge in [-0.25, -0.2) is 14.8 Å². The van der Waals surface area contributed by atoms with Crippen LogP contribution in [0.15, 0.2) is 41.0 Å². The normalized spacial score (nSPS) is 16.2. The van der Waals surface area contributed by atoms with E-state index in [4.69, 9.17) is 16.0 Å². The number of fused-ring (bicyclic) bond motifs is 1. The van der Waals surface area contributed by atoms with Crippen molar-refractivity contribution in [1.29, 1.82) is 0 Å². The Balaban J connectivity index is 1.77. The maximum Gasteiger partial charge on any atom is 0.331 e. The summed E-state index contributed by atoms with van der Waals surface area (Å²) in [5.74, 6) is -0.442. The molecule has 2 heterocycles. The lowest BCUT2D eigenvalue weighted by Crippen LogP contribution is -2.10. The average Bonchev–Trinajstić information content (AvgIpc) is 3.02. The van der Waals surface area contributed by atoms with Crippen molar-refractivity contribution in [2.24, 2.45) is 5.41 Å². The molecule has 0 unspecified atom stereocenters. The number of aliphatic carboxylic acids is 1. The molecule has 7 heteroatoms. The molecule has 1 aromatic carbocycles. The summed E-state index contributed by atoms with van der Waals surface area (Å²) >= 11 is 6.02. The molecule has 1 aliphatic rings. The van der Waals surface area contributed by atoms with Gasteiger partial charge in [0.25, 0.3) is 0 Å². The zero-order valence-electron chi connectivity index (χ0n) is 14.3. The monoisotopic (exact) mass is 371 g/mol. The summed E-state index contributed by atoms with van der Waals surface area (Å²) < 4.78 is 7.43. The zero-order valence-corrected chi connectivity index (χ0v) is 15.0. The molecule has 1 aliphatic carbocycles. The number of rotatable bonds is 6. The Morgan fingerprint density at radius 2 is 2.23 bits per heavy atom. The summed E-state index contributed by atoms with van der Waals surface area (Å²) in [6, 6.07) is 3.74. The Morgan fingerprint density at radius 3 is 2.85 bits per heavy atom. The van der Waals surface area contributed by atoms with Crippen molar-refractivity contribution in [1.82, 2.24) is 14.5 Å². The number of benzene rings is 1. The van der Waals surface area contributed by atoms with E-state index in [1.54, 1.807) is 12.4 Å². The van der Waals surface area contributed by atoms with E-state index >= 15 is 0 Å². The van der Waals surface area contributed by atoms with Crippen molar-refractivity contribution in [2.75, 3.05) is 5.88 Å². The van der Waals surface area contributed by atoms with Crippen LogP contribution in [-0.2, 0) is 4.79 Å². The number of hydrogen-bond donors (Lipinski definition) is 1. The largest absolute Gasteiger partial charge is 0.478 e. The lowest BCUT2D eigenvalue weighted by atomic mass is 9.96. The van der Waals surface area contributed by atoms with Crippen molar-refractivity contribution >= 4 is 34.7 Å². The van der Waals surface area contributed by atoms with E-state index in [1.165, 1.54) is 6.39 Å². The van der Waals surface area contributed by atoms with Gasteiger partial charge in [0.1, 0.15) is 5.52 Å². The van der Waals surface area contributed by atoms with E-state index < -0.39 is 5.97 Å². The number of aromatic nitrogens is 3. The Morgan fingerprint density at radius 1 is 1.42 bits per heavy atom. The summed E-state index contributed by atoms with van der Waals surface area (Å²) in [7, 11) is 0. The van der Waals surface area contributed by atoms with Crippen LogP contribution in [0.2, 0.25) is 0 Å². The maximum absolute atomic E-state index is 11.7. The van der Waals surface area contributed by atoms with Crippen LogP contribution in [0, 0.1) is 12.3 Å². The second-order valence-corrected chi connectivity index (χ2v) is 7.18. The summed E-state index contributed by atoms with van der Waals surface area (Å²) in [5.41, 5.74) is 3.93. The summed E-state index contributed by atoms with van der Waals surface area (Å²) in [4.78, 5) is 20.2. The van der Waals surface area contributed by atoms with Gasteiger partial charge in [-0.3, -0.25) is 0 Å². The van der Waals surface area contributed by atoms with Gasteiger partial charge in [-0.15, -0.1) is 11.6 Å². The smallest absolute Gasteiger partial charge is 0.331 e. The maximum atomic E-state index is 11.7. The molecule has 0 radical (unpaired) electrons. The third-order valence-electron chi connectivity index (χ3n) is 4.89. The molecule has 0 saturated heterocycles. The van der Waals surface area contributed by atoms with E-state index in [0.717, 1.165) is 29.8 Å². The highest BCUT2D eigenvalue weighted by molar-refractivity contribution is 6.18. The Labute approximate surface area is 155 Å². The molecule has 1 saturated carbocycles. The second-order valence-electron chi connectivity index (χ2n) is 6.91. The van der Waals surface area contributed by atoms with Gasteiger partial charge in [0.15, 0.2) is 12.0 Å². The van der Waals surface area contributed by atoms with Gasteiger partial charge in [0.2, 0.25) is 0 Å². The third kappa shape index (κ3) is 3.01. The number of aryl methyl sites for hydroxylation is 1. The fourth-order valence-corrected chi connectivity index (χ4v) is 3.51. The minimum Gasteiger partial charge on any atom is -0.478 e. The van der Waals surface area contributed by atoms with Crippen LogP contribution in [0.5, 0.6) is 0 Å². The molecule has 6 nitrogen and oxygen atoms in total. The molecular weight excluding hydrogens is 354 g/mol. The van der Waals surface area contributed by atoms with Gasteiger partial charge in [0, 0.05) is 23.2 Å². The molecule has 26 heavy (non-hydrogen) atoms. The van der Waals surface area contributed by atoms with Gasteiger partial charge in [-0.05, 0) is 43.7 Å². The van der Waals surface area contributed by atoms with Gasteiger partial charge >= 0.3 is 5.97 Å². The average molecular weight is 372 g/mol. The quantitative estimate of drug-likeness (QED) is 0.518. The van der Waals surface area contributed by atoms with Gasteiger partial charge in [-0.2, -0.15) is 0 Å². The second kappa shape index (κ2) is 6.29. The standard InChI is InChI=1S/C19H18ClN3O3/c1-12-8-23(10-21-12)15-3-2-13(16-17(15)26-11-22-16)6-14(18(24)25)7-19(9-20)4-5-19/h2-3,6,8,10-11H,4-5,7,9H2,1H3,(H,24,25). The van der Waals surface area contributed by atoms with Crippen LogP contribution in [-0.4, -0.2) is 31.5 Å². The number of hydrogen-bond acceptors (Lipinski definition) is 4. The SMILES string of the molecule is Cc1cn(-c2ccc(C=C(CC3(CCl)CC3)C(=O)O)c3ncoc23)cn1. The van der Waals surface area contributed by atoms with Gasteiger partial charge in [-0.1, -0.05) is 6.07 Å². The minimum absolute atomic E-state index is 0.0665. The number of carboxylic acids is 1. The van der Waals surface area contributed by atoms with E-state index in [0.29, 0.717) is 29.0 Å². The third-order valence-corrected chi connectivity index (χ3v) is 5.46. The topological polar surface area (TPSA) is 81.2 Å². The van der Waals surface area contributed by atoms with E-state index in [2.05, 4.69) is 9.97 Å².